The molecule has 1 atom stereocenters. The lowest BCUT2D eigenvalue weighted by atomic mass is 9.91. The predicted octanol–water partition coefficient (Wildman–Crippen LogP) is 5.79. The Morgan fingerprint density at radius 3 is 2.72 bits per heavy atom. The van der Waals surface area contributed by atoms with Crippen molar-refractivity contribution in [2.24, 2.45) is 5.92 Å². The number of hydrogen-bond acceptors (Lipinski definition) is 6. The molecule has 1 unspecified atom stereocenters. The number of methoxy groups -OCH3 is 1. The summed E-state index contributed by atoms with van der Waals surface area (Å²) in [6.45, 7) is 7.83. The van der Waals surface area contributed by atoms with Gasteiger partial charge in [-0.15, -0.1) is 0 Å². The van der Waals surface area contributed by atoms with Gasteiger partial charge in [0.25, 0.3) is 0 Å². The zero-order chi connectivity index (χ0) is 22.5. The molecule has 1 aliphatic rings. The average Bonchev–Trinajstić information content (AvgIpc) is 3.24. The number of fused-ring (bicyclic) bond motifs is 1. The third kappa shape index (κ3) is 5.30. The number of hydrogen-bond donors (Lipinski definition) is 0. The van der Waals surface area contributed by atoms with Crippen LogP contribution in [0.3, 0.4) is 0 Å². The molecule has 1 fully saturated rings. The predicted molar refractivity (Wildman–Crippen MR) is 130 cm³/mol. The highest BCUT2D eigenvalue weighted by atomic mass is 32.1. The number of ether oxygens (including phenoxy) is 2. The fourth-order valence-electron chi connectivity index (χ4n) is 4.50. The maximum atomic E-state index is 11.6. The van der Waals surface area contributed by atoms with Crippen molar-refractivity contribution in [2.75, 3.05) is 33.4 Å². The van der Waals surface area contributed by atoms with Crippen molar-refractivity contribution >= 4 is 27.4 Å². The Bertz CT molecular complexity index is 1060. The lowest BCUT2D eigenvalue weighted by Crippen LogP contribution is -2.36. The van der Waals surface area contributed by atoms with Crippen LogP contribution in [-0.2, 0) is 0 Å². The second kappa shape index (κ2) is 10.5. The molecule has 4 rings (SSSR count). The lowest BCUT2D eigenvalue weighted by Gasteiger charge is -2.33. The summed E-state index contributed by atoms with van der Waals surface area (Å²) < 4.78 is 17.4. The monoisotopic (exact) mass is 452 g/mol. The molecule has 2 aromatic carbocycles. The van der Waals surface area contributed by atoms with Crippen molar-refractivity contribution in [3.8, 4) is 11.5 Å². The van der Waals surface area contributed by atoms with Crippen molar-refractivity contribution in [3.05, 3.63) is 53.7 Å². The molecule has 0 bridgehead atoms. The van der Waals surface area contributed by atoms with Crippen LogP contribution in [0.4, 0.5) is 0 Å². The SMILES string of the molecule is COc1cc(C(C)=O)ccc1OCCC(C)CN1CCC(c2nsc3ccccc23)CC1. The number of nitrogens with zero attached hydrogens (tertiary/aromatic N) is 2. The van der Waals surface area contributed by atoms with Crippen LogP contribution < -0.4 is 9.47 Å². The van der Waals surface area contributed by atoms with Gasteiger partial charge in [0, 0.05) is 23.4 Å². The van der Waals surface area contributed by atoms with E-state index in [4.69, 9.17) is 13.8 Å². The molecule has 3 aromatic rings. The van der Waals surface area contributed by atoms with E-state index in [1.54, 1.807) is 37.7 Å². The van der Waals surface area contributed by atoms with E-state index in [-0.39, 0.29) is 5.78 Å². The van der Waals surface area contributed by atoms with Gasteiger partial charge in [0.1, 0.15) is 0 Å². The number of rotatable bonds is 9. The van der Waals surface area contributed by atoms with Crippen LogP contribution in [0.5, 0.6) is 11.5 Å². The van der Waals surface area contributed by atoms with Gasteiger partial charge in [-0.3, -0.25) is 4.79 Å². The molecule has 170 valence electrons. The third-order valence-corrected chi connectivity index (χ3v) is 7.23. The molecule has 0 saturated carbocycles. The van der Waals surface area contributed by atoms with Crippen LogP contribution >= 0.6 is 11.5 Å². The fourth-order valence-corrected chi connectivity index (χ4v) is 5.35. The summed E-state index contributed by atoms with van der Waals surface area (Å²) in [5.74, 6) is 2.46. The van der Waals surface area contributed by atoms with Crippen LogP contribution in [0.1, 0.15) is 55.1 Å². The number of benzene rings is 2. The van der Waals surface area contributed by atoms with Crippen molar-refractivity contribution in [1.82, 2.24) is 9.27 Å². The summed E-state index contributed by atoms with van der Waals surface area (Å²) in [5.41, 5.74) is 1.94. The molecule has 1 saturated heterocycles. The molecule has 5 nitrogen and oxygen atoms in total. The first-order chi connectivity index (χ1) is 15.5. The number of ketones is 1. The van der Waals surface area contributed by atoms with Gasteiger partial charge in [-0.25, -0.2) is 0 Å². The molecular formula is C26H32N2O3S. The van der Waals surface area contributed by atoms with E-state index in [1.807, 2.05) is 6.07 Å². The summed E-state index contributed by atoms with van der Waals surface area (Å²) >= 11 is 1.63. The fraction of sp³-hybridized carbons (Fsp3) is 0.462. The summed E-state index contributed by atoms with van der Waals surface area (Å²) in [7, 11) is 1.60. The standard InChI is InChI=1S/C26H32N2O3S/c1-18(12-15-31-23-9-8-21(19(2)29)16-24(23)30-3)17-28-13-10-20(11-14-28)26-22-6-4-5-7-25(22)32-27-26/h4-9,16,18,20H,10-15,17H2,1-3H3. The van der Waals surface area contributed by atoms with Gasteiger partial charge in [-0.1, -0.05) is 25.1 Å². The highest BCUT2D eigenvalue weighted by molar-refractivity contribution is 7.13. The molecular weight excluding hydrogens is 420 g/mol. The number of carbonyl (C=O) groups is 1. The minimum atomic E-state index is 0.0233. The molecule has 1 aliphatic heterocycles. The molecule has 6 heteroatoms. The van der Waals surface area contributed by atoms with Crippen molar-refractivity contribution in [1.29, 1.82) is 0 Å². The topological polar surface area (TPSA) is 51.7 Å². The van der Waals surface area contributed by atoms with Crippen LogP contribution in [0, 0.1) is 5.92 Å². The molecule has 0 radical (unpaired) electrons. The highest BCUT2D eigenvalue weighted by Gasteiger charge is 2.24. The molecule has 2 heterocycles. The largest absolute Gasteiger partial charge is 0.493 e. The van der Waals surface area contributed by atoms with Gasteiger partial charge >= 0.3 is 0 Å². The van der Waals surface area contributed by atoms with Gasteiger partial charge in [0.15, 0.2) is 17.3 Å². The zero-order valence-electron chi connectivity index (χ0n) is 19.2. The number of aromatic nitrogens is 1. The minimum absolute atomic E-state index is 0.0233. The average molecular weight is 453 g/mol. The van der Waals surface area contributed by atoms with E-state index in [1.165, 1.54) is 28.6 Å². The van der Waals surface area contributed by atoms with E-state index in [0.29, 0.717) is 35.5 Å². The summed E-state index contributed by atoms with van der Waals surface area (Å²) in [4.78, 5) is 14.1. The quantitative estimate of drug-likeness (QED) is 0.385. The third-order valence-electron chi connectivity index (χ3n) is 6.39. The first-order valence-corrected chi connectivity index (χ1v) is 12.2. The maximum absolute atomic E-state index is 11.6. The van der Waals surface area contributed by atoms with E-state index >= 15 is 0 Å². The van der Waals surface area contributed by atoms with Crippen LogP contribution in [0.25, 0.3) is 10.1 Å². The lowest BCUT2D eigenvalue weighted by molar-refractivity contribution is 0.101. The summed E-state index contributed by atoms with van der Waals surface area (Å²) in [6, 6.07) is 14.0. The molecule has 0 N–H and O–H groups in total. The van der Waals surface area contributed by atoms with E-state index in [0.717, 1.165) is 26.1 Å². The Kier molecular flexibility index (Phi) is 7.43. The van der Waals surface area contributed by atoms with Gasteiger partial charge in [-0.2, -0.15) is 4.37 Å². The Balaban J connectivity index is 1.23. The van der Waals surface area contributed by atoms with Crippen LogP contribution in [0.15, 0.2) is 42.5 Å². The van der Waals surface area contributed by atoms with Gasteiger partial charge in [0.05, 0.1) is 24.1 Å². The first kappa shape index (κ1) is 22.7. The summed E-state index contributed by atoms with van der Waals surface area (Å²) in [6.07, 6.45) is 3.33. The Morgan fingerprint density at radius 2 is 1.97 bits per heavy atom. The highest BCUT2D eigenvalue weighted by Crippen LogP contribution is 2.34. The normalized spacial score (nSPS) is 16.2. The van der Waals surface area contributed by atoms with Crippen molar-refractivity contribution in [2.45, 2.75) is 39.0 Å². The van der Waals surface area contributed by atoms with E-state index in [2.05, 4.69) is 36.1 Å². The van der Waals surface area contributed by atoms with Gasteiger partial charge in [-0.05, 0) is 81.0 Å². The minimum Gasteiger partial charge on any atom is -0.493 e. The molecule has 0 amide bonds. The van der Waals surface area contributed by atoms with Crippen molar-refractivity contribution in [3.63, 3.8) is 0 Å². The van der Waals surface area contributed by atoms with Crippen LogP contribution in [-0.4, -0.2) is 48.4 Å². The van der Waals surface area contributed by atoms with Crippen molar-refractivity contribution < 1.29 is 14.3 Å². The first-order valence-electron chi connectivity index (χ1n) is 11.4. The number of Topliss-reactive ketones (excluding diaryl/α,β-unsaturated/α-hetero) is 1. The molecule has 32 heavy (non-hydrogen) atoms. The summed E-state index contributed by atoms with van der Waals surface area (Å²) in [5, 5.41) is 1.34. The molecule has 0 spiro atoms. The Hall–Kier alpha value is -2.44. The van der Waals surface area contributed by atoms with Gasteiger partial charge in [0.2, 0.25) is 0 Å². The van der Waals surface area contributed by atoms with E-state index < -0.39 is 0 Å². The maximum Gasteiger partial charge on any atom is 0.161 e. The Labute approximate surface area is 194 Å². The second-order valence-corrected chi connectivity index (χ2v) is 9.61. The van der Waals surface area contributed by atoms with Gasteiger partial charge < -0.3 is 14.4 Å². The second-order valence-electron chi connectivity index (χ2n) is 8.80. The molecule has 0 aliphatic carbocycles. The van der Waals surface area contributed by atoms with Crippen LogP contribution in [0.2, 0.25) is 0 Å². The van der Waals surface area contributed by atoms with E-state index in [9.17, 15) is 4.79 Å². The number of piperidine rings is 1. The number of carbonyl (C=O) groups excluding carboxylic acids is 1. The molecule has 1 aromatic heterocycles. The zero-order valence-corrected chi connectivity index (χ0v) is 20.0. The Morgan fingerprint density at radius 1 is 1.19 bits per heavy atom. The number of likely N-dealkylation sites (tertiary alicyclic amines) is 1. The smallest absolute Gasteiger partial charge is 0.161 e.